The van der Waals surface area contributed by atoms with Crippen LogP contribution in [-0.4, -0.2) is 47.5 Å². The van der Waals surface area contributed by atoms with Gasteiger partial charge in [-0.3, -0.25) is 4.79 Å². The molecule has 114 valence electrons. The third-order valence-electron chi connectivity index (χ3n) is 4.60. The molecule has 0 unspecified atom stereocenters. The predicted octanol–water partition coefficient (Wildman–Crippen LogP) is 2.56. The Hall–Kier alpha value is -0.850. The van der Waals surface area contributed by atoms with Crippen molar-refractivity contribution in [2.45, 2.75) is 37.5 Å². The van der Waals surface area contributed by atoms with Crippen LogP contribution < -0.4 is 0 Å². The molecule has 1 aromatic heterocycles. The molecule has 1 amide bonds. The maximum Gasteiger partial charge on any atom is 0.270 e. The summed E-state index contributed by atoms with van der Waals surface area (Å²) in [6.07, 6.45) is 5.91. The molecule has 2 aliphatic heterocycles. The molecule has 3 heterocycles. The molecule has 0 bridgehead atoms. The number of ether oxygens (including phenoxy) is 2. The molecule has 4 rings (SSSR count). The minimum Gasteiger partial charge on any atom is -0.347 e. The highest BCUT2D eigenvalue weighted by Gasteiger charge is 2.41. The van der Waals surface area contributed by atoms with Crippen LogP contribution in [0.2, 0.25) is 0 Å². The highest BCUT2D eigenvalue weighted by Crippen LogP contribution is 2.38. The van der Waals surface area contributed by atoms with Crippen LogP contribution in [0.1, 0.15) is 42.2 Å². The zero-order chi connectivity index (χ0) is 14.4. The van der Waals surface area contributed by atoms with Crippen molar-refractivity contribution in [3.8, 4) is 0 Å². The number of hydrogen-bond acceptors (Lipinski definition) is 3. The van der Waals surface area contributed by atoms with E-state index in [1.807, 2.05) is 17.2 Å². The van der Waals surface area contributed by atoms with Crippen LogP contribution in [0, 0.1) is 0 Å². The van der Waals surface area contributed by atoms with Crippen LogP contribution >= 0.6 is 15.9 Å². The summed E-state index contributed by atoms with van der Waals surface area (Å²) in [4.78, 5) is 14.7. The van der Waals surface area contributed by atoms with Crippen molar-refractivity contribution in [1.29, 1.82) is 0 Å². The monoisotopic (exact) mass is 354 g/mol. The number of likely N-dealkylation sites (tertiary alicyclic amines) is 1. The lowest BCUT2D eigenvalue weighted by atomic mass is 10.0. The van der Waals surface area contributed by atoms with Crippen LogP contribution in [0.25, 0.3) is 0 Å². The van der Waals surface area contributed by atoms with Gasteiger partial charge in [-0.2, -0.15) is 0 Å². The molecule has 0 aromatic carbocycles. The van der Waals surface area contributed by atoms with Gasteiger partial charge in [0.05, 0.1) is 13.2 Å². The lowest BCUT2D eigenvalue weighted by Gasteiger charge is -2.37. The zero-order valence-corrected chi connectivity index (χ0v) is 13.5. The summed E-state index contributed by atoms with van der Waals surface area (Å²) in [5, 5.41) is 0. The summed E-state index contributed by atoms with van der Waals surface area (Å²) >= 11 is 3.49. The van der Waals surface area contributed by atoms with Crippen molar-refractivity contribution in [2.24, 2.45) is 0 Å². The molecule has 2 saturated heterocycles. The molecule has 1 saturated carbocycles. The fraction of sp³-hybridized carbons (Fsp3) is 0.667. The van der Waals surface area contributed by atoms with Crippen LogP contribution in [0.4, 0.5) is 0 Å². The normalized spacial score (nSPS) is 24.7. The van der Waals surface area contributed by atoms with Gasteiger partial charge in [0.2, 0.25) is 0 Å². The second-order valence-electron chi connectivity index (χ2n) is 6.08. The van der Waals surface area contributed by atoms with E-state index in [0.717, 1.165) is 23.0 Å². The van der Waals surface area contributed by atoms with E-state index in [1.54, 1.807) is 0 Å². The first-order valence-corrected chi connectivity index (χ1v) is 8.41. The summed E-state index contributed by atoms with van der Waals surface area (Å²) < 4.78 is 14.5. The second-order valence-corrected chi connectivity index (χ2v) is 7.00. The number of rotatable bonds is 2. The van der Waals surface area contributed by atoms with Gasteiger partial charge < -0.3 is 18.9 Å². The van der Waals surface area contributed by atoms with E-state index in [1.165, 1.54) is 12.8 Å². The summed E-state index contributed by atoms with van der Waals surface area (Å²) in [5.74, 6) is -0.295. The third kappa shape index (κ3) is 2.53. The van der Waals surface area contributed by atoms with E-state index in [4.69, 9.17) is 9.47 Å². The van der Waals surface area contributed by atoms with Gasteiger partial charge in [0, 0.05) is 42.6 Å². The maximum atomic E-state index is 12.8. The van der Waals surface area contributed by atoms with Gasteiger partial charge in [0.15, 0.2) is 5.79 Å². The van der Waals surface area contributed by atoms with Crippen LogP contribution in [-0.2, 0) is 9.47 Å². The number of carbonyl (C=O) groups excluding carboxylic acids is 1. The van der Waals surface area contributed by atoms with E-state index < -0.39 is 5.79 Å². The molecule has 0 radical (unpaired) electrons. The summed E-state index contributed by atoms with van der Waals surface area (Å²) in [6, 6.07) is 2.45. The Morgan fingerprint density at radius 2 is 1.90 bits per heavy atom. The molecule has 1 aromatic rings. The van der Waals surface area contributed by atoms with Gasteiger partial charge in [-0.25, -0.2) is 0 Å². The van der Waals surface area contributed by atoms with Crippen molar-refractivity contribution in [2.75, 3.05) is 26.3 Å². The second kappa shape index (κ2) is 5.11. The van der Waals surface area contributed by atoms with Crippen molar-refractivity contribution >= 4 is 21.8 Å². The number of hydrogen-bond donors (Lipinski definition) is 0. The van der Waals surface area contributed by atoms with E-state index in [0.29, 0.717) is 32.3 Å². The third-order valence-corrected chi connectivity index (χ3v) is 5.03. The fourth-order valence-corrected chi connectivity index (χ4v) is 3.71. The van der Waals surface area contributed by atoms with Crippen LogP contribution in [0.5, 0.6) is 0 Å². The molecule has 5 nitrogen and oxygen atoms in total. The number of halogens is 1. The average molecular weight is 355 g/mol. The topological polar surface area (TPSA) is 43.7 Å². The van der Waals surface area contributed by atoms with E-state index in [9.17, 15) is 4.79 Å². The SMILES string of the molecule is O=C(c1cc(Br)cn1C1CC1)N1CCC2(CC1)OCCO2. The minimum atomic E-state index is -0.421. The van der Waals surface area contributed by atoms with Gasteiger partial charge >= 0.3 is 0 Å². The van der Waals surface area contributed by atoms with E-state index in [-0.39, 0.29) is 5.91 Å². The average Bonchev–Trinajstić information content (AvgIpc) is 3.13. The van der Waals surface area contributed by atoms with Gasteiger partial charge in [-0.15, -0.1) is 0 Å². The Bertz CT molecular complexity index is 551. The van der Waals surface area contributed by atoms with E-state index in [2.05, 4.69) is 20.5 Å². The van der Waals surface area contributed by atoms with Crippen molar-refractivity contribution in [1.82, 2.24) is 9.47 Å². The van der Waals surface area contributed by atoms with Crippen LogP contribution in [0.3, 0.4) is 0 Å². The molecule has 3 fully saturated rings. The first-order valence-electron chi connectivity index (χ1n) is 7.61. The highest BCUT2D eigenvalue weighted by atomic mass is 79.9. The Morgan fingerprint density at radius 3 is 2.52 bits per heavy atom. The molecule has 21 heavy (non-hydrogen) atoms. The quantitative estimate of drug-likeness (QED) is 0.819. The largest absolute Gasteiger partial charge is 0.347 e. The van der Waals surface area contributed by atoms with Gasteiger partial charge in [-0.1, -0.05) is 0 Å². The minimum absolute atomic E-state index is 0.125. The molecule has 6 heteroatoms. The first kappa shape index (κ1) is 13.8. The summed E-state index contributed by atoms with van der Waals surface area (Å²) in [5.41, 5.74) is 0.800. The molecular formula is C15H19BrN2O3. The number of amides is 1. The lowest BCUT2D eigenvalue weighted by molar-refractivity contribution is -0.181. The Labute approximate surface area is 132 Å². The molecule has 0 N–H and O–H groups in total. The Morgan fingerprint density at radius 1 is 1.24 bits per heavy atom. The molecular weight excluding hydrogens is 336 g/mol. The van der Waals surface area contributed by atoms with Gasteiger partial charge in [-0.05, 0) is 34.8 Å². The number of nitrogens with zero attached hydrogens (tertiary/aromatic N) is 2. The van der Waals surface area contributed by atoms with Crippen molar-refractivity contribution < 1.29 is 14.3 Å². The molecule has 0 atom stereocenters. The number of piperidine rings is 1. The Kier molecular flexibility index (Phi) is 3.35. The summed E-state index contributed by atoms with van der Waals surface area (Å²) in [7, 11) is 0. The van der Waals surface area contributed by atoms with Crippen LogP contribution in [0.15, 0.2) is 16.7 Å². The molecule has 1 aliphatic carbocycles. The molecule has 3 aliphatic rings. The first-order chi connectivity index (χ1) is 10.2. The van der Waals surface area contributed by atoms with E-state index >= 15 is 0 Å². The lowest BCUT2D eigenvalue weighted by Crippen LogP contribution is -2.47. The number of aromatic nitrogens is 1. The van der Waals surface area contributed by atoms with Crippen molar-refractivity contribution in [3.63, 3.8) is 0 Å². The fourth-order valence-electron chi connectivity index (χ4n) is 3.27. The number of carbonyl (C=O) groups is 1. The predicted molar refractivity (Wildman–Crippen MR) is 80.2 cm³/mol. The zero-order valence-electron chi connectivity index (χ0n) is 11.9. The van der Waals surface area contributed by atoms with Gasteiger partial charge in [0.25, 0.3) is 5.91 Å². The van der Waals surface area contributed by atoms with Gasteiger partial charge in [0.1, 0.15) is 5.69 Å². The van der Waals surface area contributed by atoms with Crippen molar-refractivity contribution in [3.05, 3.63) is 22.4 Å². The Balaban J connectivity index is 1.48. The maximum absolute atomic E-state index is 12.8. The molecule has 1 spiro atoms. The summed E-state index contributed by atoms with van der Waals surface area (Å²) in [6.45, 7) is 2.75. The standard InChI is InChI=1S/C15H19BrN2O3/c16-11-9-13(18(10-11)12-1-2-12)14(19)17-5-3-15(4-6-17)20-7-8-21-15/h9-10,12H,1-8H2. The highest BCUT2D eigenvalue weighted by molar-refractivity contribution is 9.10. The smallest absolute Gasteiger partial charge is 0.270 e.